The Morgan fingerprint density at radius 2 is 1.67 bits per heavy atom. The Balaban J connectivity index is 1.83. The maximum atomic E-state index is 12.2. The zero-order valence-corrected chi connectivity index (χ0v) is 19.0. The number of allylic oxidation sites excluding steroid dienone is 2. The standard InChI is InChI=1S/C27H30O6/c1-3-32-26(30)9-6-8-25(29)20(2)19-33-24-16-14-23(15-17-24)27(31)22-12-10-21(11-13-22)7-4-5-18-28/h4-5,7,10-17,20,27,31H,3,6,8-9,19H2,1-2H3. The minimum atomic E-state index is -0.785. The summed E-state index contributed by atoms with van der Waals surface area (Å²) in [6.45, 7) is 4.15. The number of carbonyl (C=O) groups excluding carboxylic acids is 3. The molecule has 0 saturated heterocycles. The zero-order chi connectivity index (χ0) is 24.1. The first kappa shape index (κ1) is 25.8. The van der Waals surface area contributed by atoms with Crippen LogP contribution in [0.15, 0.2) is 60.7 Å². The summed E-state index contributed by atoms with van der Waals surface area (Å²) in [6.07, 6.45) is 4.92. The van der Waals surface area contributed by atoms with Gasteiger partial charge in [-0.25, -0.2) is 4.79 Å². The number of aliphatic hydroxyl groups excluding tert-OH is 1. The van der Waals surface area contributed by atoms with Gasteiger partial charge in [-0.15, -0.1) is 0 Å². The minimum Gasteiger partial charge on any atom is -0.493 e. The van der Waals surface area contributed by atoms with Crippen LogP contribution in [0.25, 0.3) is 6.08 Å². The number of aliphatic hydroxyl groups is 1. The molecule has 2 rings (SSSR count). The largest absolute Gasteiger partial charge is 0.493 e. The molecule has 0 radical (unpaired) electrons. The van der Waals surface area contributed by atoms with E-state index in [9.17, 15) is 19.5 Å². The molecule has 0 aliphatic rings. The highest BCUT2D eigenvalue weighted by Crippen LogP contribution is 2.25. The summed E-state index contributed by atoms with van der Waals surface area (Å²) in [5, 5.41) is 10.6. The number of hydrogen-bond donors (Lipinski definition) is 1. The summed E-state index contributed by atoms with van der Waals surface area (Å²) in [5.74, 6) is 1.78. The second kappa shape index (κ2) is 13.8. The molecule has 0 aromatic heterocycles. The lowest BCUT2D eigenvalue weighted by atomic mass is 10.00. The normalized spacial score (nSPS) is 12.6. The van der Waals surface area contributed by atoms with E-state index in [2.05, 4.69) is 0 Å². The molecule has 174 valence electrons. The molecule has 6 nitrogen and oxygen atoms in total. The van der Waals surface area contributed by atoms with Crippen LogP contribution in [0.2, 0.25) is 0 Å². The van der Waals surface area contributed by atoms with Crippen molar-refractivity contribution in [3.05, 3.63) is 77.4 Å². The third-order valence-electron chi connectivity index (χ3n) is 5.06. The molecular formula is C27H30O6. The van der Waals surface area contributed by atoms with Crippen LogP contribution in [0.4, 0.5) is 0 Å². The van der Waals surface area contributed by atoms with E-state index in [0.29, 0.717) is 25.2 Å². The second-order valence-electron chi connectivity index (χ2n) is 7.62. The van der Waals surface area contributed by atoms with Crippen LogP contribution in [0.5, 0.6) is 5.75 Å². The fraction of sp³-hybridized carbons (Fsp3) is 0.333. The molecule has 0 fully saturated rings. The molecule has 1 N–H and O–H groups in total. The molecule has 2 aromatic carbocycles. The zero-order valence-electron chi connectivity index (χ0n) is 19.0. The number of rotatable bonds is 13. The van der Waals surface area contributed by atoms with E-state index in [1.54, 1.807) is 56.2 Å². The van der Waals surface area contributed by atoms with Gasteiger partial charge in [0.1, 0.15) is 23.6 Å². The maximum absolute atomic E-state index is 12.2. The number of benzene rings is 2. The van der Waals surface area contributed by atoms with Gasteiger partial charge in [-0.1, -0.05) is 55.5 Å². The Morgan fingerprint density at radius 3 is 2.27 bits per heavy atom. The summed E-state index contributed by atoms with van der Waals surface area (Å²) in [7, 11) is 0. The molecule has 0 saturated carbocycles. The Labute approximate surface area is 194 Å². The summed E-state index contributed by atoms with van der Waals surface area (Å²) in [5.41, 5.74) is 2.37. The van der Waals surface area contributed by atoms with Crippen molar-refractivity contribution in [2.75, 3.05) is 13.2 Å². The van der Waals surface area contributed by atoms with Gasteiger partial charge in [0.05, 0.1) is 13.2 Å². The SMILES string of the molecule is CCOC(=O)CCCC(=O)C(C)COc1ccc(C(O)c2ccc(C=CC=C=O)cc2)cc1. The predicted octanol–water partition coefficient (Wildman–Crippen LogP) is 4.49. The smallest absolute Gasteiger partial charge is 0.305 e. The average molecular weight is 451 g/mol. The van der Waals surface area contributed by atoms with Gasteiger partial charge in [0, 0.05) is 24.8 Å². The van der Waals surface area contributed by atoms with Gasteiger partial charge in [0.2, 0.25) is 0 Å². The molecule has 33 heavy (non-hydrogen) atoms. The monoisotopic (exact) mass is 450 g/mol. The van der Waals surface area contributed by atoms with Gasteiger partial charge in [-0.05, 0) is 42.2 Å². The third-order valence-corrected chi connectivity index (χ3v) is 5.06. The minimum absolute atomic E-state index is 0.0480. The quantitative estimate of drug-likeness (QED) is 0.275. The molecule has 2 aromatic rings. The number of ether oxygens (including phenoxy) is 2. The van der Waals surface area contributed by atoms with Crippen molar-refractivity contribution >= 4 is 23.8 Å². The van der Waals surface area contributed by atoms with Gasteiger partial charge in [0.15, 0.2) is 0 Å². The van der Waals surface area contributed by atoms with Gasteiger partial charge in [-0.3, -0.25) is 9.59 Å². The molecule has 0 amide bonds. The topological polar surface area (TPSA) is 89.9 Å². The van der Waals surface area contributed by atoms with Crippen LogP contribution in [-0.4, -0.2) is 36.0 Å². The van der Waals surface area contributed by atoms with Crippen molar-refractivity contribution in [3.63, 3.8) is 0 Å². The summed E-state index contributed by atoms with van der Waals surface area (Å²) >= 11 is 0. The van der Waals surface area contributed by atoms with Crippen LogP contribution < -0.4 is 4.74 Å². The molecule has 0 heterocycles. The molecule has 2 atom stereocenters. The first-order valence-electron chi connectivity index (χ1n) is 11.0. The van der Waals surface area contributed by atoms with Gasteiger partial charge >= 0.3 is 5.97 Å². The van der Waals surface area contributed by atoms with E-state index < -0.39 is 6.10 Å². The molecule has 0 spiro atoms. The molecule has 6 heteroatoms. The highest BCUT2D eigenvalue weighted by molar-refractivity contribution is 5.81. The summed E-state index contributed by atoms with van der Waals surface area (Å²) < 4.78 is 10.6. The first-order valence-corrected chi connectivity index (χ1v) is 11.0. The van der Waals surface area contributed by atoms with Gasteiger partial charge in [-0.2, -0.15) is 0 Å². The van der Waals surface area contributed by atoms with Crippen LogP contribution in [0.1, 0.15) is 55.9 Å². The van der Waals surface area contributed by atoms with Crippen molar-refractivity contribution in [2.24, 2.45) is 5.92 Å². The Kier molecular flexibility index (Phi) is 10.8. The van der Waals surface area contributed by atoms with Crippen molar-refractivity contribution in [2.45, 2.75) is 39.2 Å². The number of esters is 1. The lowest BCUT2D eigenvalue weighted by molar-refractivity contribution is -0.143. The predicted molar refractivity (Wildman–Crippen MR) is 126 cm³/mol. The molecule has 0 bridgehead atoms. The Hall–Kier alpha value is -3.47. The van der Waals surface area contributed by atoms with Crippen LogP contribution >= 0.6 is 0 Å². The lowest BCUT2D eigenvalue weighted by Gasteiger charge is -2.14. The van der Waals surface area contributed by atoms with Crippen molar-refractivity contribution in [3.8, 4) is 5.75 Å². The highest BCUT2D eigenvalue weighted by Gasteiger charge is 2.15. The van der Waals surface area contributed by atoms with E-state index >= 15 is 0 Å². The fourth-order valence-corrected chi connectivity index (χ4v) is 3.13. The second-order valence-corrected chi connectivity index (χ2v) is 7.62. The number of Topliss-reactive ketones (excluding diaryl/α,β-unsaturated/α-hetero) is 1. The van der Waals surface area contributed by atoms with Crippen molar-refractivity contribution in [1.82, 2.24) is 0 Å². The van der Waals surface area contributed by atoms with Crippen LogP contribution in [-0.2, 0) is 19.1 Å². The number of ketones is 1. The molecular weight excluding hydrogens is 420 g/mol. The van der Waals surface area contributed by atoms with E-state index in [4.69, 9.17) is 9.47 Å². The fourth-order valence-electron chi connectivity index (χ4n) is 3.13. The lowest BCUT2D eigenvalue weighted by Crippen LogP contribution is -2.19. The highest BCUT2D eigenvalue weighted by atomic mass is 16.5. The van der Waals surface area contributed by atoms with E-state index in [1.165, 1.54) is 6.08 Å². The van der Waals surface area contributed by atoms with Gasteiger partial charge < -0.3 is 14.6 Å². The Bertz CT molecular complexity index is 969. The maximum Gasteiger partial charge on any atom is 0.305 e. The average Bonchev–Trinajstić information content (AvgIpc) is 2.83. The van der Waals surface area contributed by atoms with Crippen molar-refractivity contribution < 1.29 is 29.0 Å². The van der Waals surface area contributed by atoms with E-state index in [-0.39, 0.29) is 30.7 Å². The van der Waals surface area contributed by atoms with E-state index in [1.807, 2.05) is 24.3 Å². The van der Waals surface area contributed by atoms with E-state index in [0.717, 1.165) is 16.7 Å². The van der Waals surface area contributed by atoms with Crippen LogP contribution in [0.3, 0.4) is 0 Å². The molecule has 0 aliphatic carbocycles. The molecule has 0 aliphatic heterocycles. The van der Waals surface area contributed by atoms with Gasteiger partial charge in [0.25, 0.3) is 0 Å². The summed E-state index contributed by atoms with van der Waals surface area (Å²) in [4.78, 5) is 33.8. The number of carbonyl (C=O) groups is 2. The Morgan fingerprint density at radius 1 is 1.03 bits per heavy atom. The third kappa shape index (κ3) is 8.89. The first-order chi connectivity index (χ1) is 15.9. The number of hydrogen-bond acceptors (Lipinski definition) is 6. The van der Waals surface area contributed by atoms with Crippen LogP contribution in [0, 0.1) is 5.92 Å². The van der Waals surface area contributed by atoms with Crippen molar-refractivity contribution in [1.29, 1.82) is 0 Å². The molecule has 2 unspecified atom stereocenters. The summed E-state index contributed by atoms with van der Waals surface area (Å²) in [6, 6.07) is 14.5.